The van der Waals surface area contributed by atoms with Crippen LogP contribution in [-0.2, 0) is 0 Å². The van der Waals surface area contributed by atoms with E-state index in [4.69, 9.17) is 0 Å². The molecule has 0 unspecified atom stereocenters. The SMILES string of the molecule is CCN1CCNC1.CCN1CCNCC1. The highest BCUT2D eigenvalue weighted by atomic mass is 15.3. The van der Waals surface area contributed by atoms with Gasteiger partial charge in [-0.3, -0.25) is 4.90 Å². The van der Waals surface area contributed by atoms with Gasteiger partial charge in [-0.05, 0) is 13.1 Å². The third kappa shape index (κ3) is 5.47. The molecule has 0 aromatic heterocycles. The second-order valence-corrected chi connectivity index (χ2v) is 4.05. The van der Waals surface area contributed by atoms with Crippen LogP contribution in [0.1, 0.15) is 13.8 Å². The Morgan fingerprint density at radius 2 is 1.33 bits per heavy atom. The minimum absolute atomic E-state index is 1.09. The zero-order chi connectivity index (χ0) is 10.9. The molecular weight excluding hydrogens is 188 g/mol. The molecule has 2 saturated heterocycles. The summed E-state index contributed by atoms with van der Waals surface area (Å²) in [4.78, 5) is 4.83. The van der Waals surface area contributed by atoms with E-state index in [1.165, 1.54) is 52.4 Å². The fourth-order valence-electron chi connectivity index (χ4n) is 1.85. The lowest BCUT2D eigenvalue weighted by molar-refractivity contribution is 0.253. The minimum Gasteiger partial charge on any atom is -0.314 e. The maximum atomic E-state index is 3.31. The third-order valence-corrected chi connectivity index (χ3v) is 3.04. The highest BCUT2D eigenvalue weighted by Gasteiger charge is 2.05. The van der Waals surface area contributed by atoms with Crippen molar-refractivity contribution >= 4 is 0 Å². The van der Waals surface area contributed by atoms with Crippen molar-refractivity contribution in [3.63, 3.8) is 0 Å². The number of hydrogen-bond donors (Lipinski definition) is 2. The van der Waals surface area contributed by atoms with Crippen LogP contribution >= 0.6 is 0 Å². The van der Waals surface area contributed by atoms with Gasteiger partial charge in [-0.2, -0.15) is 0 Å². The molecule has 0 aliphatic carbocycles. The monoisotopic (exact) mass is 214 g/mol. The van der Waals surface area contributed by atoms with Crippen LogP contribution < -0.4 is 10.6 Å². The Morgan fingerprint density at radius 3 is 1.67 bits per heavy atom. The molecule has 15 heavy (non-hydrogen) atoms. The van der Waals surface area contributed by atoms with Crippen LogP contribution in [0.2, 0.25) is 0 Å². The molecule has 0 spiro atoms. The molecule has 2 aliphatic heterocycles. The predicted octanol–water partition coefficient (Wildman–Crippen LogP) is -0.219. The number of likely N-dealkylation sites (N-methyl/N-ethyl adjacent to an activating group) is 2. The molecule has 0 bridgehead atoms. The van der Waals surface area contributed by atoms with Crippen molar-refractivity contribution in [3.05, 3.63) is 0 Å². The summed E-state index contributed by atoms with van der Waals surface area (Å²) in [6.45, 7) is 15.1. The molecule has 2 rings (SSSR count). The van der Waals surface area contributed by atoms with E-state index in [9.17, 15) is 0 Å². The topological polar surface area (TPSA) is 30.5 Å². The Kier molecular flexibility index (Phi) is 6.92. The van der Waals surface area contributed by atoms with E-state index in [-0.39, 0.29) is 0 Å². The summed E-state index contributed by atoms with van der Waals surface area (Å²) >= 11 is 0. The average Bonchev–Trinajstić information content (AvgIpc) is 2.84. The molecule has 0 aromatic carbocycles. The minimum atomic E-state index is 1.09. The molecule has 4 nitrogen and oxygen atoms in total. The molecule has 0 amide bonds. The van der Waals surface area contributed by atoms with E-state index in [0.717, 1.165) is 6.67 Å². The van der Waals surface area contributed by atoms with E-state index in [0.29, 0.717) is 0 Å². The standard InChI is InChI=1S/C6H14N2.C5H12N2/c1-2-8-5-3-7-4-6-8;1-2-7-4-3-6-5-7/h7H,2-6H2,1H3;6H,2-5H2,1H3. The van der Waals surface area contributed by atoms with Crippen molar-refractivity contribution in [1.29, 1.82) is 0 Å². The number of nitrogens with one attached hydrogen (secondary N) is 2. The van der Waals surface area contributed by atoms with Gasteiger partial charge in [0.1, 0.15) is 0 Å². The van der Waals surface area contributed by atoms with Gasteiger partial charge in [-0.25, -0.2) is 0 Å². The second-order valence-electron chi connectivity index (χ2n) is 4.05. The molecular formula is C11H26N4. The quantitative estimate of drug-likeness (QED) is 0.665. The number of nitrogens with zero attached hydrogens (tertiary/aromatic N) is 2. The summed E-state index contributed by atoms with van der Waals surface area (Å²) < 4.78 is 0. The number of piperazine rings is 1. The van der Waals surface area contributed by atoms with Crippen molar-refractivity contribution in [2.45, 2.75) is 13.8 Å². The van der Waals surface area contributed by atoms with Crippen LogP contribution in [0.15, 0.2) is 0 Å². The molecule has 2 aliphatic rings. The summed E-state index contributed by atoms with van der Waals surface area (Å²) in [6.07, 6.45) is 0. The lowest BCUT2D eigenvalue weighted by atomic mass is 10.4. The molecule has 4 heteroatoms. The van der Waals surface area contributed by atoms with Crippen LogP contribution in [0, 0.1) is 0 Å². The molecule has 2 N–H and O–H groups in total. The average molecular weight is 214 g/mol. The van der Waals surface area contributed by atoms with Crippen molar-refractivity contribution in [1.82, 2.24) is 20.4 Å². The van der Waals surface area contributed by atoms with Crippen molar-refractivity contribution in [3.8, 4) is 0 Å². The second kappa shape index (κ2) is 8.05. The van der Waals surface area contributed by atoms with Crippen LogP contribution in [-0.4, -0.2) is 68.8 Å². The largest absolute Gasteiger partial charge is 0.314 e. The molecule has 0 aromatic rings. The van der Waals surface area contributed by atoms with Crippen molar-refractivity contribution < 1.29 is 0 Å². The van der Waals surface area contributed by atoms with Gasteiger partial charge < -0.3 is 15.5 Å². The van der Waals surface area contributed by atoms with Crippen molar-refractivity contribution in [2.75, 3.05) is 59.0 Å². The molecule has 0 radical (unpaired) electrons. The number of rotatable bonds is 2. The van der Waals surface area contributed by atoms with Gasteiger partial charge in [0.2, 0.25) is 0 Å². The first-order chi connectivity index (χ1) is 7.36. The van der Waals surface area contributed by atoms with E-state index >= 15 is 0 Å². The zero-order valence-electron chi connectivity index (χ0n) is 10.3. The van der Waals surface area contributed by atoms with E-state index in [1.54, 1.807) is 0 Å². The first-order valence-corrected chi connectivity index (χ1v) is 6.23. The Labute approximate surface area is 94.0 Å². The first-order valence-electron chi connectivity index (χ1n) is 6.23. The van der Waals surface area contributed by atoms with Crippen LogP contribution in [0.5, 0.6) is 0 Å². The first kappa shape index (κ1) is 12.9. The third-order valence-electron chi connectivity index (χ3n) is 3.04. The summed E-state index contributed by atoms with van der Waals surface area (Å²) in [6, 6.07) is 0. The summed E-state index contributed by atoms with van der Waals surface area (Å²) in [5, 5.41) is 6.56. The lowest BCUT2D eigenvalue weighted by Crippen LogP contribution is -2.43. The Hall–Kier alpha value is -0.160. The van der Waals surface area contributed by atoms with Crippen LogP contribution in [0.4, 0.5) is 0 Å². The predicted molar refractivity (Wildman–Crippen MR) is 65.1 cm³/mol. The molecule has 2 fully saturated rings. The highest BCUT2D eigenvalue weighted by molar-refractivity contribution is 4.64. The van der Waals surface area contributed by atoms with Gasteiger partial charge in [0.25, 0.3) is 0 Å². The maximum Gasteiger partial charge on any atom is 0.0481 e. The summed E-state index contributed by atoms with van der Waals surface area (Å²) in [7, 11) is 0. The van der Waals surface area contributed by atoms with Gasteiger partial charge in [-0.1, -0.05) is 13.8 Å². The normalized spacial score (nSPS) is 23.6. The molecule has 90 valence electrons. The van der Waals surface area contributed by atoms with E-state index in [2.05, 4.69) is 34.3 Å². The molecule has 2 heterocycles. The van der Waals surface area contributed by atoms with E-state index < -0.39 is 0 Å². The van der Waals surface area contributed by atoms with Crippen LogP contribution in [0.3, 0.4) is 0 Å². The molecule has 0 saturated carbocycles. The van der Waals surface area contributed by atoms with E-state index in [1.807, 2.05) is 0 Å². The zero-order valence-corrected chi connectivity index (χ0v) is 10.3. The highest BCUT2D eigenvalue weighted by Crippen LogP contribution is 1.88. The fourth-order valence-corrected chi connectivity index (χ4v) is 1.85. The van der Waals surface area contributed by atoms with Gasteiger partial charge >= 0.3 is 0 Å². The maximum absolute atomic E-state index is 3.31. The van der Waals surface area contributed by atoms with Gasteiger partial charge in [-0.15, -0.1) is 0 Å². The Morgan fingerprint density at radius 1 is 0.800 bits per heavy atom. The fraction of sp³-hybridized carbons (Fsp3) is 1.00. The Balaban J connectivity index is 0.000000151. The summed E-state index contributed by atoms with van der Waals surface area (Å²) in [5.74, 6) is 0. The smallest absolute Gasteiger partial charge is 0.0481 e. The van der Waals surface area contributed by atoms with Crippen molar-refractivity contribution in [2.24, 2.45) is 0 Å². The summed E-state index contributed by atoms with van der Waals surface area (Å²) in [5.41, 5.74) is 0. The van der Waals surface area contributed by atoms with Gasteiger partial charge in [0.15, 0.2) is 0 Å². The van der Waals surface area contributed by atoms with Gasteiger partial charge in [0.05, 0.1) is 0 Å². The van der Waals surface area contributed by atoms with Crippen LogP contribution in [0.25, 0.3) is 0 Å². The lowest BCUT2D eigenvalue weighted by Gasteiger charge is -2.25. The number of hydrogen-bond acceptors (Lipinski definition) is 4. The molecule has 0 atom stereocenters. The van der Waals surface area contributed by atoms with Gasteiger partial charge in [0, 0.05) is 45.9 Å². The Bertz CT molecular complexity index is 140.